The number of hydrogen-bond donors (Lipinski definition) is 1. The normalized spacial score (nSPS) is 14.8. The first-order valence-electron chi connectivity index (χ1n) is 6.21. The molecular formula is C14H23FN2O. The van der Waals surface area contributed by atoms with E-state index in [1.165, 1.54) is 6.07 Å². The standard InChI is InChI=1S/C14H23FN2O/c1-11(13-7-5-6-8-14(13)15)17(3)9-12(16-2)10-18-4/h5-8,11-12,16H,9-10H2,1-4H3. The van der Waals surface area contributed by atoms with Crippen molar-refractivity contribution in [1.82, 2.24) is 10.2 Å². The highest BCUT2D eigenvalue weighted by molar-refractivity contribution is 5.20. The van der Waals surface area contributed by atoms with E-state index >= 15 is 0 Å². The van der Waals surface area contributed by atoms with Crippen LogP contribution in [0.5, 0.6) is 0 Å². The Hall–Kier alpha value is -0.970. The minimum absolute atomic E-state index is 0.0407. The molecule has 0 radical (unpaired) electrons. The summed E-state index contributed by atoms with van der Waals surface area (Å²) >= 11 is 0. The van der Waals surface area contributed by atoms with Crippen LogP contribution < -0.4 is 5.32 Å². The molecule has 0 aliphatic rings. The van der Waals surface area contributed by atoms with Crippen LogP contribution in [0.15, 0.2) is 24.3 Å². The van der Waals surface area contributed by atoms with Gasteiger partial charge in [-0.05, 0) is 27.1 Å². The fourth-order valence-corrected chi connectivity index (χ4v) is 1.99. The van der Waals surface area contributed by atoms with Crippen LogP contribution in [-0.2, 0) is 4.74 Å². The van der Waals surface area contributed by atoms with Crippen LogP contribution in [-0.4, -0.2) is 45.3 Å². The van der Waals surface area contributed by atoms with Crippen molar-refractivity contribution in [3.63, 3.8) is 0 Å². The molecule has 18 heavy (non-hydrogen) atoms. The van der Waals surface area contributed by atoms with Gasteiger partial charge in [0.1, 0.15) is 5.82 Å². The number of hydrogen-bond acceptors (Lipinski definition) is 3. The number of rotatable bonds is 7. The lowest BCUT2D eigenvalue weighted by Gasteiger charge is -2.29. The zero-order chi connectivity index (χ0) is 13.5. The maximum absolute atomic E-state index is 13.7. The first kappa shape index (κ1) is 15.1. The van der Waals surface area contributed by atoms with Gasteiger partial charge >= 0.3 is 0 Å². The third-order valence-corrected chi connectivity index (χ3v) is 3.30. The summed E-state index contributed by atoms with van der Waals surface area (Å²) in [6, 6.07) is 7.21. The molecule has 2 unspecified atom stereocenters. The molecule has 0 aromatic heterocycles. The molecule has 0 saturated carbocycles. The second-order valence-corrected chi connectivity index (χ2v) is 4.58. The summed E-state index contributed by atoms with van der Waals surface area (Å²) in [5, 5.41) is 3.19. The smallest absolute Gasteiger partial charge is 0.127 e. The minimum Gasteiger partial charge on any atom is -0.383 e. The molecule has 4 heteroatoms. The number of halogens is 1. The second kappa shape index (κ2) is 7.46. The van der Waals surface area contributed by atoms with E-state index < -0.39 is 0 Å². The molecule has 1 rings (SSSR count). The van der Waals surface area contributed by atoms with Gasteiger partial charge in [0.05, 0.1) is 6.61 Å². The number of nitrogens with one attached hydrogen (secondary N) is 1. The number of likely N-dealkylation sites (N-methyl/N-ethyl adjacent to an activating group) is 2. The van der Waals surface area contributed by atoms with Crippen LogP contribution in [0.1, 0.15) is 18.5 Å². The van der Waals surface area contributed by atoms with Gasteiger partial charge in [-0.25, -0.2) is 4.39 Å². The molecule has 1 N–H and O–H groups in total. The van der Waals surface area contributed by atoms with Crippen LogP contribution in [0, 0.1) is 5.82 Å². The Kier molecular flexibility index (Phi) is 6.25. The fraction of sp³-hybridized carbons (Fsp3) is 0.571. The Bertz CT molecular complexity index is 359. The van der Waals surface area contributed by atoms with Gasteiger partial charge in [0.2, 0.25) is 0 Å². The average molecular weight is 254 g/mol. The molecule has 0 spiro atoms. The molecule has 1 aromatic rings. The van der Waals surface area contributed by atoms with Crippen LogP contribution in [0.2, 0.25) is 0 Å². The number of nitrogens with zero attached hydrogens (tertiary/aromatic N) is 1. The maximum atomic E-state index is 13.7. The first-order valence-corrected chi connectivity index (χ1v) is 6.21. The predicted octanol–water partition coefficient (Wildman–Crippen LogP) is 2.05. The summed E-state index contributed by atoms with van der Waals surface area (Å²) in [6.45, 7) is 3.46. The van der Waals surface area contributed by atoms with Crippen molar-refractivity contribution in [2.75, 3.05) is 34.4 Å². The van der Waals surface area contributed by atoms with Crippen LogP contribution in [0.3, 0.4) is 0 Å². The number of benzene rings is 1. The highest BCUT2D eigenvalue weighted by atomic mass is 19.1. The van der Waals surface area contributed by atoms with Gasteiger partial charge in [0.25, 0.3) is 0 Å². The summed E-state index contributed by atoms with van der Waals surface area (Å²) in [5.74, 6) is -0.149. The van der Waals surface area contributed by atoms with Crippen molar-refractivity contribution in [2.45, 2.75) is 19.0 Å². The van der Waals surface area contributed by atoms with E-state index in [1.54, 1.807) is 13.2 Å². The van der Waals surface area contributed by atoms with Gasteiger partial charge in [-0.1, -0.05) is 18.2 Å². The van der Waals surface area contributed by atoms with Gasteiger partial charge in [0.15, 0.2) is 0 Å². The fourth-order valence-electron chi connectivity index (χ4n) is 1.99. The zero-order valence-electron chi connectivity index (χ0n) is 11.6. The predicted molar refractivity (Wildman–Crippen MR) is 72.2 cm³/mol. The average Bonchev–Trinajstić information content (AvgIpc) is 2.37. The Morgan fingerprint density at radius 2 is 2.06 bits per heavy atom. The molecule has 102 valence electrons. The monoisotopic (exact) mass is 254 g/mol. The van der Waals surface area contributed by atoms with E-state index in [1.807, 2.05) is 33.2 Å². The van der Waals surface area contributed by atoms with Crippen molar-refractivity contribution in [1.29, 1.82) is 0 Å². The maximum Gasteiger partial charge on any atom is 0.127 e. The molecule has 1 aromatic carbocycles. The van der Waals surface area contributed by atoms with Crippen LogP contribution >= 0.6 is 0 Å². The van der Waals surface area contributed by atoms with Crippen molar-refractivity contribution in [2.24, 2.45) is 0 Å². The van der Waals surface area contributed by atoms with Crippen molar-refractivity contribution >= 4 is 0 Å². The van der Waals surface area contributed by atoms with Gasteiger partial charge in [-0.3, -0.25) is 4.90 Å². The highest BCUT2D eigenvalue weighted by Crippen LogP contribution is 2.21. The quantitative estimate of drug-likeness (QED) is 0.806. The lowest BCUT2D eigenvalue weighted by molar-refractivity contribution is 0.137. The Morgan fingerprint density at radius 1 is 1.39 bits per heavy atom. The van der Waals surface area contributed by atoms with Gasteiger partial charge < -0.3 is 10.1 Å². The molecule has 0 bridgehead atoms. The molecule has 0 aliphatic heterocycles. The topological polar surface area (TPSA) is 24.5 Å². The van der Waals surface area contributed by atoms with E-state index in [0.29, 0.717) is 6.61 Å². The molecule has 0 fully saturated rings. The highest BCUT2D eigenvalue weighted by Gasteiger charge is 2.18. The summed E-state index contributed by atoms with van der Waals surface area (Å²) in [4.78, 5) is 2.12. The van der Waals surface area contributed by atoms with E-state index in [9.17, 15) is 4.39 Å². The SMILES string of the molecule is CNC(COC)CN(C)C(C)c1ccccc1F. The third kappa shape index (κ3) is 4.05. The largest absolute Gasteiger partial charge is 0.383 e. The Balaban J connectivity index is 2.66. The molecule has 0 heterocycles. The lowest BCUT2D eigenvalue weighted by Crippen LogP contribution is -2.41. The summed E-state index contributed by atoms with van der Waals surface area (Å²) in [5.41, 5.74) is 0.729. The van der Waals surface area contributed by atoms with E-state index in [4.69, 9.17) is 4.74 Å². The van der Waals surface area contributed by atoms with E-state index in [2.05, 4.69) is 10.2 Å². The second-order valence-electron chi connectivity index (χ2n) is 4.58. The number of methoxy groups -OCH3 is 1. The van der Waals surface area contributed by atoms with Gasteiger partial charge in [0, 0.05) is 31.3 Å². The molecule has 0 amide bonds. The van der Waals surface area contributed by atoms with Crippen molar-refractivity contribution in [3.05, 3.63) is 35.6 Å². The summed E-state index contributed by atoms with van der Waals surface area (Å²) < 4.78 is 18.8. The Labute approximate surface area is 109 Å². The third-order valence-electron chi connectivity index (χ3n) is 3.30. The first-order chi connectivity index (χ1) is 8.60. The van der Waals surface area contributed by atoms with Crippen molar-refractivity contribution in [3.8, 4) is 0 Å². The van der Waals surface area contributed by atoms with Gasteiger partial charge in [-0.15, -0.1) is 0 Å². The van der Waals surface area contributed by atoms with Crippen molar-refractivity contribution < 1.29 is 9.13 Å². The minimum atomic E-state index is -0.149. The molecule has 0 saturated heterocycles. The molecule has 3 nitrogen and oxygen atoms in total. The van der Waals surface area contributed by atoms with Gasteiger partial charge in [-0.2, -0.15) is 0 Å². The summed E-state index contributed by atoms with van der Waals surface area (Å²) in [7, 11) is 5.59. The van der Waals surface area contributed by atoms with E-state index in [0.717, 1.165) is 12.1 Å². The molecule has 2 atom stereocenters. The molecular weight excluding hydrogens is 231 g/mol. The number of ether oxygens (including phenoxy) is 1. The van der Waals surface area contributed by atoms with E-state index in [-0.39, 0.29) is 17.9 Å². The molecule has 0 aliphatic carbocycles. The van der Waals surface area contributed by atoms with Crippen LogP contribution in [0.4, 0.5) is 4.39 Å². The Morgan fingerprint density at radius 3 is 2.61 bits per heavy atom. The zero-order valence-corrected chi connectivity index (χ0v) is 11.6. The van der Waals surface area contributed by atoms with Crippen LogP contribution in [0.25, 0.3) is 0 Å². The summed E-state index contributed by atoms with van der Waals surface area (Å²) in [6.07, 6.45) is 0. The lowest BCUT2D eigenvalue weighted by atomic mass is 10.1.